The molecule has 1 fully saturated rings. The molecule has 1 heterocycles. The van der Waals surface area contributed by atoms with E-state index in [4.69, 9.17) is 15.9 Å². The van der Waals surface area contributed by atoms with E-state index in [9.17, 15) is 5.11 Å². The minimum Gasteiger partial charge on any atom is -0.394 e. The number of nitrogens with one attached hydrogen (secondary N) is 1. The number of amidine groups is 1. The van der Waals surface area contributed by atoms with Crippen molar-refractivity contribution in [3.63, 3.8) is 0 Å². The fourth-order valence-corrected chi connectivity index (χ4v) is 3.22. The highest BCUT2D eigenvalue weighted by Crippen LogP contribution is 2.31. The van der Waals surface area contributed by atoms with Crippen LogP contribution in [-0.4, -0.2) is 49.1 Å². The fourth-order valence-electron chi connectivity index (χ4n) is 2.38. The lowest BCUT2D eigenvalue weighted by molar-refractivity contribution is 0.00355. The minimum absolute atomic E-state index is 0.00923. The van der Waals surface area contributed by atoms with Crippen molar-refractivity contribution in [2.24, 2.45) is 5.73 Å². The van der Waals surface area contributed by atoms with E-state index in [1.165, 1.54) is 0 Å². The number of morpholine rings is 1. The van der Waals surface area contributed by atoms with Crippen molar-refractivity contribution in [2.45, 2.75) is 17.9 Å². The summed E-state index contributed by atoms with van der Waals surface area (Å²) in [6.07, 6.45) is -0.175. The molecule has 0 radical (unpaired) electrons. The number of thioether (sulfide) groups is 1. The van der Waals surface area contributed by atoms with Crippen LogP contribution in [0.25, 0.3) is 0 Å². The maximum atomic E-state index is 9.25. The first-order valence-electron chi connectivity index (χ1n) is 6.75. The monoisotopic (exact) mass is 295 g/mol. The summed E-state index contributed by atoms with van der Waals surface area (Å²) in [5.41, 5.74) is 7.53. The highest BCUT2D eigenvalue weighted by molar-refractivity contribution is 7.99. The Hall–Kier alpha value is -1.24. The number of anilines is 1. The maximum Gasteiger partial charge on any atom is 0.126 e. The van der Waals surface area contributed by atoms with Crippen LogP contribution in [0.3, 0.4) is 0 Å². The van der Waals surface area contributed by atoms with Gasteiger partial charge in [-0.2, -0.15) is 0 Å². The highest BCUT2D eigenvalue weighted by atomic mass is 32.2. The van der Waals surface area contributed by atoms with Crippen molar-refractivity contribution < 1.29 is 9.84 Å². The zero-order chi connectivity index (χ0) is 14.5. The third-order valence-electron chi connectivity index (χ3n) is 3.26. The molecule has 5 nitrogen and oxygen atoms in total. The molecule has 0 bridgehead atoms. The molecule has 0 aliphatic carbocycles. The molecule has 110 valence electrons. The number of ether oxygens (including phenoxy) is 1. The summed E-state index contributed by atoms with van der Waals surface area (Å²) in [6.45, 7) is 4.04. The summed E-state index contributed by atoms with van der Waals surface area (Å²) in [5, 5.41) is 17.1. The molecule has 1 aromatic rings. The van der Waals surface area contributed by atoms with Crippen LogP contribution < -0.4 is 10.6 Å². The number of benzene rings is 1. The Balaban J connectivity index is 2.34. The molecule has 20 heavy (non-hydrogen) atoms. The average molecular weight is 295 g/mol. The molecule has 1 aliphatic rings. The van der Waals surface area contributed by atoms with Gasteiger partial charge in [-0.25, -0.2) is 0 Å². The second-order valence-electron chi connectivity index (χ2n) is 4.62. The molecule has 0 spiro atoms. The molecule has 1 aromatic carbocycles. The first-order valence-corrected chi connectivity index (χ1v) is 7.73. The van der Waals surface area contributed by atoms with Gasteiger partial charge < -0.3 is 20.5 Å². The molecule has 4 N–H and O–H groups in total. The molecule has 0 amide bonds. The van der Waals surface area contributed by atoms with Crippen molar-refractivity contribution >= 4 is 23.3 Å². The lowest BCUT2D eigenvalue weighted by atomic mass is 10.1. The molecule has 1 atom stereocenters. The van der Waals surface area contributed by atoms with Gasteiger partial charge in [-0.05, 0) is 17.9 Å². The predicted octanol–water partition coefficient (Wildman–Crippen LogP) is 1.28. The Morgan fingerprint density at radius 2 is 2.40 bits per heavy atom. The molecule has 0 aromatic heterocycles. The van der Waals surface area contributed by atoms with Gasteiger partial charge in [0, 0.05) is 23.7 Å². The molecule has 2 rings (SSSR count). The first-order chi connectivity index (χ1) is 9.67. The quantitative estimate of drug-likeness (QED) is 0.433. The summed E-state index contributed by atoms with van der Waals surface area (Å²) in [4.78, 5) is 3.17. The van der Waals surface area contributed by atoms with Crippen LogP contribution >= 0.6 is 11.8 Å². The summed E-state index contributed by atoms with van der Waals surface area (Å²) in [7, 11) is 0. The zero-order valence-electron chi connectivity index (χ0n) is 11.6. The van der Waals surface area contributed by atoms with Crippen LogP contribution in [0.15, 0.2) is 23.1 Å². The first kappa shape index (κ1) is 15.2. The Labute approximate surface area is 123 Å². The number of aliphatic hydroxyl groups excluding tert-OH is 1. The molecule has 6 heteroatoms. The van der Waals surface area contributed by atoms with E-state index in [0.717, 1.165) is 28.4 Å². The van der Waals surface area contributed by atoms with E-state index in [1.54, 1.807) is 11.8 Å². The van der Waals surface area contributed by atoms with Gasteiger partial charge in [-0.1, -0.05) is 13.0 Å². The lowest BCUT2D eigenvalue weighted by Crippen LogP contribution is -2.44. The Kier molecular flexibility index (Phi) is 5.28. The van der Waals surface area contributed by atoms with Gasteiger partial charge >= 0.3 is 0 Å². The number of nitrogens with zero attached hydrogens (tertiary/aromatic N) is 1. The molecule has 1 aliphatic heterocycles. The summed E-state index contributed by atoms with van der Waals surface area (Å²) >= 11 is 1.69. The third kappa shape index (κ3) is 3.26. The fraction of sp³-hybridized carbons (Fsp3) is 0.500. The molecule has 1 saturated heterocycles. The van der Waals surface area contributed by atoms with Gasteiger partial charge in [0.05, 0.1) is 24.9 Å². The van der Waals surface area contributed by atoms with Gasteiger partial charge in [0.25, 0.3) is 0 Å². The van der Waals surface area contributed by atoms with Crippen molar-refractivity contribution in [1.82, 2.24) is 0 Å². The van der Waals surface area contributed by atoms with E-state index in [1.807, 2.05) is 18.2 Å². The van der Waals surface area contributed by atoms with Crippen molar-refractivity contribution in [3.05, 3.63) is 23.8 Å². The largest absolute Gasteiger partial charge is 0.394 e. The standard InChI is InChI=1S/C14H21N3O2S/c1-2-20-12-5-3-4-11(13(12)14(15)16)17-6-7-19-10(8-17)9-18/h3-5,10,18H,2,6-9H2,1H3,(H3,15,16). The summed E-state index contributed by atoms with van der Waals surface area (Å²) in [6, 6.07) is 5.97. The molecule has 0 saturated carbocycles. The number of aliphatic hydroxyl groups is 1. The molecular formula is C14H21N3O2S. The lowest BCUT2D eigenvalue weighted by Gasteiger charge is -2.35. The maximum absolute atomic E-state index is 9.25. The van der Waals surface area contributed by atoms with Crippen molar-refractivity contribution in [2.75, 3.05) is 37.0 Å². The average Bonchev–Trinajstić information content (AvgIpc) is 2.47. The molecular weight excluding hydrogens is 274 g/mol. The van der Waals surface area contributed by atoms with Crippen molar-refractivity contribution in [3.8, 4) is 0 Å². The topological polar surface area (TPSA) is 82.6 Å². The Bertz CT molecular complexity index is 481. The van der Waals surface area contributed by atoms with E-state index in [2.05, 4.69) is 11.8 Å². The number of nitrogens with two attached hydrogens (primary N) is 1. The second-order valence-corrected chi connectivity index (χ2v) is 5.92. The van der Waals surface area contributed by atoms with Crippen LogP contribution in [0.2, 0.25) is 0 Å². The Morgan fingerprint density at radius 1 is 1.60 bits per heavy atom. The van der Waals surface area contributed by atoms with Crippen LogP contribution in [-0.2, 0) is 4.74 Å². The summed E-state index contributed by atoms with van der Waals surface area (Å²) in [5.74, 6) is 1.02. The molecule has 1 unspecified atom stereocenters. The van der Waals surface area contributed by atoms with E-state index < -0.39 is 0 Å². The van der Waals surface area contributed by atoms with E-state index in [-0.39, 0.29) is 18.5 Å². The Morgan fingerprint density at radius 3 is 3.05 bits per heavy atom. The number of nitrogen functional groups attached to an aromatic ring is 1. The normalized spacial score (nSPS) is 19.1. The smallest absolute Gasteiger partial charge is 0.126 e. The van der Waals surface area contributed by atoms with E-state index >= 15 is 0 Å². The van der Waals surface area contributed by atoms with Crippen LogP contribution in [0, 0.1) is 5.41 Å². The SMILES string of the molecule is CCSc1cccc(N2CCOC(CO)C2)c1C(=N)N. The van der Waals surface area contributed by atoms with Gasteiger partial charge in [-0.3, -0.25) is 5.41 Å². The van der Waals surface area contributed by atoms with Gasteiger partial charge in [0.15, 0.2) is 0 Å². The van der Waals surface area contributed by atoms with Crippen LogP contribution in [0.5, 0.6) is 0 Å². The van der Waals surface area contributed by atoms with Gasteiger partial charge in [0.2, 0.25) is 0 Å². The van der Waals surface area contributed by atoms with Crippen LogP contribution in [0.1, 0.15) is 12.5 Å². The van der Waals surface area contributed by atoms with Crippen molar-refractivity contribution in [1.29, 1.82) is 5.41 Å². The summed E-state index contributed by atoms with van der Waals surface area (Å²) < 4.78 is 5.48. The second kappa shape index (κ2) is 6.97. The number of hydrogen-bond donors (Lipinski definition) is 3. The number of hydrogen-bond acceptors (Lipinski definition) is 5. The van der Waals surface area contributed by atoms with Crippen LogP contribution in [0.4, 0.5) is 5.69 Å². The zero-order valence-corrected chi connectivity index (χ0v) is 12.4. The minimum atomic E-state index is -0.175. The third-order valence-corrected chi connectivity index (χ3v) is 4.20. The van der Waals surface area contributed by atoms with E-state index in [0.29, 0.717) is 13.2 Å². The number of rotatable bonds is 5. The highest BCUT2D eigenvalue weighted by Gasteiger charge is 2.23. The van der Waals surface area contributed by atoms with Gasteiger partial charge in [0.1, 0.15) is 5.84 Å². The predicted molar refractivity (Wildman–Crippen MR) is 82.9 cm³/mol. The van der Waals surface area contributed by atoms with Gasteiger partial charge in [-0.15, -0.1) is 11.8 Å².